The standard InChI is InChI=1S/C8H6F3NO2/c9-8(10,11)6-2-1-4(13)3-5(6)7(12)14/h1-3,13H,(H2,12,14). The van der Waals surface area contributed by atoms with Crippen molar-refractivity contribution in [3.05, 3.63) is 29.3 Å². The maximum absolute atomic E-state index is 12.3. The van der Waals surface area contributed by atoms with E-state index in [9.17, 15) is 18.0 Å². The summed E-state index contributed by atoms with van der Waals surface area (Å²) in [6, 6.07) is 2.13. The molecule has 0 spiro atoms. The summed E-state index contributed by atoms with van der Waals surface area (Å²) in [5.74, 6) is -1.67. The predicted molar refractivity (Wildman–Crippen MR) is 41.6 cm³/mol. The molecule has 0 saturated heterocycles. The van der Waals surface area contributed by atoms with Crippen LogP contribution in [0.15, 0.2) is 18.2 Å². The molecule has 1 aromatic carbocycles. The number of primary amides is 1. The number of alkyl halides is 3. The van der Waals surface area contributed by atoms with Crippen LogP contribution in [0.4, 0.5) is 13.2 Å². The summed E-state index contributed by atoms with van der Waals surface area (Å²) < 4.78 is 36.8. The average Bonchev–Trinajstić information content (AvgIpc) is 2.01. The van der Waals surface area contributed by atoms with Gasteiger partial charge in [0.25, 0.3) is 0 Å². The van der Waals surface area contributed by atoms with Crippen molar-refractivity contribution < 1.29 is 23.1 Å². The molecule has 14 heavy (non-hydrogen) atoms. The third-order valence-corrected chi connectivity index (χ3v) is 1.57. The molecule has 0 aromatic heterocycles. The van der Waals surface area contributed by atoms with E-state index in [-0.39, 0.29) is 0 Å². The molecule has 0 atom stereocenters. The molecular weight excluding hydrogens is 199 g/mol. The highest BCUT2D eigenvalue weighted by atomic mass is 19.4. The molecule has 1 amide bonds. The summed E-state index contributed by atoms with van der Waals surface area (Å²) in [6.07, 6.45) is -4.65. The molecule has 6 heteroatoms. The second-order valence-electron chi connectivity index (χ2n) is 2.59. The smallest absolute Gasteiger partial charge is 0.417 e. The van der Waals surface area contributed by atoms with E-state index in [1.165, 1.54) is 0 Å². The maximum Gasteiger partial charge on any atom is 0.417 e. The summed E-state index contributed by atoms with van der Waals surface area (Å²) in [5, 5.41) is 8.88. The summed E-state index contributed by atoms with van der Waals surface area (Å²) in [7, 11) is 0. The minimum absolute atomic E-state index is 0.438. The van der Waals surface area contributed by atoms with Gasteiger partial charge < -0.3 is 10.8 Å². The number of halogens is 3. The first-order valence-electron chi connectivity index (χ1n) is 3.52. The molecule has 0 saturated carbocycles. The monoisotopic (exact) mass is 205 g/mol. The van der Waals surface area contributed by atoms with E-state index < -0.39 is 29.0 Å². The Morgan fingerprint density at radius 1 is 1.36 bits per heavy atom. The van der Waals surface area contributed by atoms with E-state index in [2.05, 4.69) is 0 Å². The Morgan fingerprint density at radius 2 is 1.93 bits per heavy atom. The number of carbonyl (C=O) groups is 1. The SMILES string of the molecule is NC(=O)c1cc(O)ccc1C(F)(F)F. The van der Waals surface area contributed by atoms with Gasteiger partial charge >= 0.3 is 6.18 Å². The summed E-state index contributed by atoms with van der Waals surface area (Å²) in [4.78, 5) is 10.6. The van der Waals surface area contributed by atoms with Crippen molar-refractivity contribution in [3.8, 4) is 5.75 Å². The molecule has 1 aromatic rings. The predicted octanol–water partition coefficient (Wildman–Crippen LogP) is 1.51. The fourth-order valence-electron chi connectivity index (χ4n) is 0.983. The second kappa shape index (κ2) is 3.21. The summed E-state index contributed by atoms with van der Waals surface area (Å²) in [5.41, 5.74) is 2.84. The van der Waals surface area contributed by atoms with Crippen LogP contribution >= 0.6 is 0 Å². The quantitative estimate of drug-likeness (QED) is 0.729. The van der Waals surface area contributed by atoms with Gasteiger partial charge in [-0.15, -0.1) is 0 Å². The van der Waals surface area contributed by atoms with E-state index in [1.807, 2.05) is 0 Å². The van der Waals surface area contributed by atoms with Crippen molar-refractivity contribution in [1.29, 1.82) is 0 Å². The number of phenols is 1. The lowest BCUT2D eigenvalue weighted by Gasteiger charge is -2.10. The van der Waals surface area contributed by atoms with Crippen LogP contribution in [0, 0.1) is 0 Å². The van der Waals surface area contributed by atoms with Crippen LogP contribution in [0.5, 0.6) is 5.75 Å². The van der Waals surface area contributed by atoms with Gasteiger partial charge in [-0.2, -0.15) is 13.2 Å². The van der Waals surface area contributed by atoms with Gasteiger partial charge in [0.15, 0.2) is 0 Å². The lowest BCUT2D eigenvalue weighted by atomic mass is 10.1. The van der Waals surface area contributed by atoms with Crippen molar-refractivity contribution in [2.75, 3.05) is 0 Å². The van der Waals surface area contributed by atoms with Crippen molar-refractivity contribution in [1.82, 2.24) is 0 Å². The molecule has 76 valence electrons. The number of phenolic OH excluding ortho intramolecular Hbond substituents is 1. The van der Waals surface area contributed by atoms with Crippen LogP contribution in [0.3, 0.4) is 0 Å². The number of hydrogen-bond donors (Lipinski definition) is 2. The number of carbonyl (C=O) groups excluding carboxylic acids is 1. The first kappa shape index (κ1) is 10.4. The Balaban J connectivity index is 3.37. The minimum atomic E-state index is -4.65. The molecule has 3 N–H and O–H groups in total. The molecule has 0 fully saturated rings. The molecule has 0 aliphatic rings. The Bertz CT molecular complexity index is 373. The van der Waals surface area contributed by atoms with Gasteiger partial charge in [-0.3, -0.25) is 4.79 Å². The van der Waals surface area contributed by atoms with Crippen LogP contribution < -0.4 is 5.73 Å². The fraction of sp³-hybridized carbons (Fsp3) is 0.125. The Morgan fingerprint density at radius 3 is 2.36 bits per heavy atom. The summed E-state index contributed by atoms with van der Waals surface area (Å²) in [6.45, 7) is 0. The Labute approximate surface area is 77.0 Å². The lowest BCUT2D eigenvalue weighted by Crippen LogP contribution is -2.18. The molecule has 3 nitrogen and oxygen atoms in total. The van der Waals surface area contributed by atoms with Gasteiger partial charge in [0, 0.05) is 0 Å². The minimum Gasteiger partial charge on any atom is -0.508 e. The number of rotatable bonds is 1. The molecular formula is C8H6F3NO2. The number of nitrogens with two attached hydrogens (primary N) is 1. The van der Waals surface area contributed by atoms with E-state index in [0.717, 1.165) is 6.07 Å². The zero-order valence-electron chi connectivity index (χ0n) is 6.80. The third kappa shape index (κ3) is 1.95. The van der Waals surface area contributed by atoms with Crippen LogP contribution in [-0.4, -0.2) is 11.0 Å². The normalized spacial score (nSPS) is 11.4. The number of aromatic hydroxyl groups is 1. The first-order chi connectivity index (χ1) is 6.32. The van der Waals surface area contributed by atoms with Crippen molar-refractivity contribution in [3.63, 3.8) is 0 Å². The van der Waals surface area contributed by atoms with Crippen LogP contribution in [-0.2, 0) is 6.18 Å². The number of amides is 1. The van der Waals surface area contributed by atoms with Crippen LogP contribution in [0.1, 0.15) is 15.9 Å². The lowest BCUT2D eigenvalue weighted by molar-refractivity contribution is -0.137. The zero-order chi connectivity index (χ0) is 10.9. The van der Waals surface area contributed by atoms with Gasteiger partial charge in [0.05, 0.1) is 11.1 Å². The topological polar surface area (TPSA) is 63.3 Å². The molecule has 0 aliphatic carbocycles. The highest BCUT2D eigenvalue weighted by molar-refractivity contribution is 5.94. The first-order valence-corrected chi connectivity index (χ1v) is 3.52. The van der Waals surface area contributed by atoms with Gasteiger partial charge in [-0.25, -0.2) is 0 Å². The van der Waals surface area contributed by atoms with E-state index in [0.29, 0.717) is 12.1 Å². The van der Waals surface area contributed by atoms with Crippen molar-refractivity contribution >= 4 is 5.91 Å². The fourth-order valence-corrected chi connectivity index (χ4v) is 0.983. The number of hydrogen-bond acceptors (Lipinski definition) is 2. The van der Waals surface area contributed by atoms with Gasteiger partial charge in [0.1, 0.15) is 5.75 Å². The van der Waals surface area contributed by atoms with Crippen molar-refractivity contribution in [2.24, 2.45) is 5.73 Å². The molecule has 1 rings (SSSR count). The van der Waals surface area contributed by atoms with E-state index >= 15 is 0 Å². The average molecular weight is 205 g/mol. The third-order valence-electron chi connectivity index (χ3n) is 1.57. The van der Waals surface area contributed by atoms with E-state index in [4.69, 9.17) is 10.8 Å². The molecule has 0 bridgehead atoms. The van der Waals surface area contributed by atoms with Crippen LogP contribution in [0.25, 0.3) is 0 Å². The highest BCUT2D eigenvalue weighted by Crippen LogP contribution is 2.33. The van der Waals surface area contributed by atoms with E-state index in [1.54, 1.807) is 0 Å². The molecule has 0 heterocycles. The second-order valence-corrected chi connectivity index (χ2v) is 2.59. The number of benzene rings is 1. The molecule has 0 aliphatic heterocycles. The largest absolute Gasteiger partial charge is 0.508 e. The van der Waals surface area contributed by atoms with Gasteiger partial charge in [-0.05, 0) is 18.2 Å². The maximum atomic E-state index is 12.3. The zero-order valence-corrected chi connectivity index (χ0v) is 6.80. The molecule has 0 radical (unpaired) electrons. The highest BCUT2D eigenvalue weighted by Gasteiger charge is 2.34. The Kier molecular flexibility index (Phi) is 2.37. The molecule has 0 unspecified atom stereocenters. The van der Waals surface area contributed by atoms with Gasteiger partial charge in [0.2, 0.25) is 5.91 Å². The van der Waals surface area contributed by atoms with Crippen molar-refractivity contribution in [2.45, 2.75) is 6.18 Å². The summed E-state index contributed by atoms with van der Waals surface area (Å²) >= 11 is 0. The van der Waals surface area contributed by atoms with Gasteiger partial charge in [-0.1, -0.05) is 0 Å². The van der Waals surface area contributed by atoms with Crippen LogP contribution in [0.2, 0.25) is 0 Å². The Hall–Kier alpha value is -1.72.